The lowest BCUT2D eigenvalue weighted by molar-refractivity contribution is -0.186. The molecule has 1 fully saturated rings. The maximum atomic E-state index is 12.1. The van der Waals surface area contributed by atoms with E-state index in [1.165, 1.54) is 6.92 Å². The van der Waals surface area contributed by atoms with Gasteiger partial charge in [-0.25, -0.2) is 8.42 Å². The minimum absolute atomic E-state index is 0.0853. The van der Waals surface area contributed by atoms with Crippen LogP contribution in [0.1, 0.15) is 6.92 Å². The van der Waals surface area contributed by atoms with Crippen LogP contribution in [0.2, 0.25) is 0 Å². The van der Waals surface area contributed by atoms with Gasteiger partial charge in [0.05, 0.1) is 5.75 Å². The Kier molecular flexibility index (Phi) is 4.03. The quantitative estimate of drug-likeness (QED) is 0.714. The summed E-state index contributed by atoms with van der Waals surface area (Å²) in [7, 11) is -3.39. The Morgan fingerprint density at radius 3 is 2.00 bits per heavy atom. The van der Waals surface area contributed by atoms with Gasteiger partial charge in [0.2, 0.25) is 10.0 Å². The molecular formula is C8H13F3N2O3S. The Labute approximate surface area is 97.2 Å². The molecular weight excluding hydrogens is 261 g/mol. The summed E-state index contributed by atoms with van der Waals surface area (Å²) in [5.41, 5.74) is 0. The van der Waals surface area contributed by atoms with E-state index in [1.54, 1.807) is 0 Å². The molecule has 0 bridgehead atoms. The molecule has 0 spiro atoms. The van der Waals surface area contributed by atoms with Crippen LogP contribution in [0.5, 0.6) is 0 Å². The highest BCUT2D eigenvalue weighted by molar-refractivity contribution is 7.89. The van der Waals surface area contributed by atoms with E-state index in [0.717, 1.165) is 4.31 Å². The summed E-state index contributed by atoms with van der Waals surface area (Å²) >= 11 is 0. The Morgan fingerprint density at radius 1 is 1.18 bits per heavy atom. The van der Waals surface area contributed by atoms with E-state index in [0.29, 0.717) is 4.90 Å². The van der Waals surface area contributed by atoms with Crippen molar-refractivity contribution in [1.29, 1.82) is 0 Å². The Bertz CT molecular complexity index is 385. The molecule has 1 heterocycles. The first-order valence-electron chi connectivity index (χ1n) is 5.02. The molecule has 0 saturated carbocycles. The highest BCUT2D eigenvalue weighted by Gasteiger charge is 2.43. The van der Waals surface area contributed by atoms with Crippen LogP contribution < -0.4 is 0 Å². The normalized spacial score (nSPS) is 19.4. The van der Waals surface area contributed by atoms with Crippen molar-refractivity contribution in [2.24, 2.45) is 0 Å². The van der Waals surface area contributed by atoms with Gasteiger partial charge >= 0.3 is 12.1 Å². The average Bonchev–Trinajstić information content (AvgIpc) is 2.27. The van der Waals surface area contributed by atoms with Gasteiger partial charge < -0.3 is 4.90 Å². The molecule has 0 aliphatic carbocycles. The lowest BCUT2D eigenvalue weighted by Crippen LogP contribution is -2.53. The van der Waals surface area contributed by atoms with Crippen LogP contribution in [-0.4, -0.2) is 61.6 Å². The summed E-state index contributed by atoms with van der Waals surface area (Å²) in [5, 5.41) is 0. The van der Waals surface area contributed by atoms with Crippen LogP contribution in [0.15, 0.2) is 0 Å². The first-order chi connectivity index (χ1) is 7.68. The van der Waals surface area contributed by atoms with Gasteiger partial charge in [-0.1, -0.05) is 0 Å². The first kappa shape index (κ1) is 14.2. The molecule has 1 saturated heterocycles. The lowest BCUT2D eigenvalue weighted by atomic mass is 10.3. The van der Waals surface area contributed by atoms with Gasteiger partial charge in [-0.3, -0.25) is 4.79 Å². The molecule has 1 rings (SSSR count). The second-order valence-electron chi connectivity index (χ2n) is 3.59. The van der Waals surface area contributed by atoms with E-state index in [2.05, 4.69) is 0 Å². The molecule has 0 aromatic heterocycles. The molecule has 100 valence electrons. The Hall–Kier alpha value is -0.830. The molecule has 9 heteroatoms. The number of amides is 1. The van der Waals surface area contributed by atoms with Gasteiger partial charge in [-0.05, 0) is 6.92 Å². The molecule has 0 aromatic carbocycles. The number of carbonyl (C=O) groups is 1. The second kappa shape index (κ2) is 4.81. The van der Waals surface area contributed by atoms with Gasteiger partial charge in [0, 0.05) is 26.2 Å². The van der Waals surface area contributed by atoms with E-state index in [1.807, 2.05) is 0 Å². The Balaban J connectivity index is 2.61. The zero-order chi connectivity index (χ0) is 13.3. The topological polar surface area (TPSA) is 57.7 Å². The zero-order valence-corrected chi connectivity index (χ0v) is 10.0. The molecule has 0 aromatic rings. The van der Waals surface area contributed by atoms with Gasteiger partial charge in [0.25, 0.3) is 0 Å². The average molecular weight is 274 g/mol. The standard InChI is InChI=1S/C8H13F3N2O3S/c1-2-17(15,16)13-5-3-12(4-6-13)7(14)8(9,10)11/h2-6H2,1H3. The van der Waals surface area contributed by atoms with Gasteiger partial charge in [-0.2, -0.15) is 17.5 Å². The molecule has 1 amide bonds. The number of hydrogen-bond acceptors (Lipinski definition) is 3. The molecule has 17 heavy (non-hydrogen) atoms. The third-order valence-electron chi connectivity index (χ3n) is 2.53. The molecule has 0 unspecified atom stereocenters. The molecule has 0 atom stereocenters. The van der Waals surface area contributed by atoms with Crippen molar-refractivity contribution in [2.45, 2.75) is 13.1 Å². The van der Waals surface area contributed by atoms with Gasteiger partial charge in [0.15, 0.2) is 0 Å². The highest BCUT2D eigenvalue weighted by Crippen LogP contribution is 2.20. The lowest BCUT2D eigenvalue weighted by Gasteiger charge is -2.34. The van der Waals surface area contributed by atoms with E-state index in [9.17, 15) is 26.4 Å². The fourth-order valence-corrected chi connectivity index (χ4v) is 2.62. The van der Waals surface area contributed by atoms with Crippen molar-refractivity contribution in [1.82, 2.24) is 9.21 Å². The fraction of sp³-hybridized carbons (Fsp3) is 0.875. The number of carbonyl (C=O) groups excluding carboxylic acids is 1. The summed E-state index contributed by atoms with van der Waals surface area (Å²) in [6.07, 6.45) is -4.90. The maximum absolute atomic E-state index is 12.1. The largest absolute Gasteiger partial charge is 0.471 e. The smallest absolute Gasteiger partial charge is 0.332 e. The number of rotatable bonds is 2. The first-order valence-corrected chi connectivity index (χ1v) is 6.63. The number of hydrogen-bond donors (Lipinski definition) is 0. The molecule has 0 radical (unpaired) electrons. The number of alkyl halides is 3. The van der Waals surface area contributed by atoms with Crippen LogP contribution >= 0.6 is 0 Å². The van der Waals surface area contributed by atoms with E-state index >= 15 is 0 Å². The molecule has 1 aliphatic heterocycles. The van der Waals surface area contributed by atoms with Crippen molar-refractivity contribution in [2.75, 3.05) is 31.9 Å². The van der Waals surface area contributed by atoms with Crippen molar-refractivity contribution >= 4 is 15.9 Å². The zero-order valence-electron chi connectivity index (χ0n) is 9.20. The predicted molar refractivity (Wildman–Crippen MR) is 53.7 cm³/mol. The van der Waals surface area contributed by atoms with Crippen LogP contribution in [0.4, 0.5) is 13.2 Å². The summed E-state index contributed by atoms with van der Waals surface area (Å²) in [4.78, 5) is 11.5. The SMILES string of the molecule is CCS(=O)(=O)N1CCN(C(=O)C(F)(F)F)CC1. The minimum atomic E-state index is -4.90. The third kappa shape index (κ3) is 3.32. The number of nitrogens with zero attached hydrogens (tertiary/aromatic N) is 2. The summed E-state index contributed by atoms with van der Waals surface area (Å²) in [6, 6.07) is 0. The van der Waals surface area contributed by atoms with Crippen molar-refractivity contribution in [3.63, 3.8) is 0 Å². The fourth-order valence-electron chi connectivity index (χ4n) is 1.53. The van der Waals surface area contributed by atoms with Crippen LogP contribution in [0.25, 0.3) is 0 Å². The van der Waals surface area contributed by atoms with Crippen molar-refractivity contribution in [3.8, 4) is 0 Å². The molecule has 1 aliphatic rings. The van der Waals surface area contributed by atoms with Crippen LogP contribution in [0, 0.1) is 0 Å². The minimum Gasteiger partial charge on any atom is -0.332 e. The van der Waals surface area contributed by atoms with Gasteiger partial charge in [0.1, 0.15) is 0 Å². The number of piperazine rings is 1. The predicted octanol–water partition coefficient (Wildman–Crippen LogP) is 0.0426. The summed E-state index contributed by atoms with van der Waals surface area (Å²) in [5.74, 6) is -2.01. The van der Waals surface area contributed by atoms with Gasteiger partial charge in [-0.15, -0.1) is 0 Å². The number of halogens is 3. The molecule has 5 nitrogen and oxygen atoms in total. The second-order valence-corrected chi connectivity index (χ2v) is 5.85. The highest BCUT2D eigenvalue weighted by atomic mass is 32.2. The van der Waals surface area contributed by atoms with E-state index < -0.39 is 22.1 Å². The summed E-state index contributed by atoms with van der Waals surface area (Å²) in [6.45, 7) is 0.841. The van der Waals surface area contributed by atoms with E-state index in [-0.39, 0.29) is 31.9 Å². The number of sulfonamides is 1. The molecule has 0 N–H and O–H groups in total. The van der Waals surface area contributed by atoms with Crippen LogP contribution in [0.3, 0.4) is 0 Å². The third-order valence-corrected chi connectivity index (χ3v) is 4.41. The van der Waals surface area contributed by atoms with Crippen molar-refractivity contribution < 1.29 is 26.4 Å². The summed E-state index contributed by atoms with van der Waals surface area (Å²) < 4.78 is 60.3. The van der Waals surface area contributed by atoms with Crippen molar-refractivity contribution in [3.05, 3.63) is 0 Å². The Morgan fingerprint density at radius 2 is 1.65 bits per heavy atom. The van der Waals surface area contributed by atoms with E-state index in [4.69, 9.17) is 0 Å². The van der Waals surface area contributed by atoms with Crippen LogP contribution in [-0.2, 0) is 14.8 Å². The maximum Gasteiger partial charge on any atom is 0.471 e. The monoisotopic (exact) mass is 274 g/mol.